The monoisotopic (exact) mass is 1290 g/mol. The van der Waals surface area contributed by atoms with Crippen LogP contribution < -0.4 is 26.2 Å². The van der Waals surface area contributed by atoms with Gasteiger partial charge in [-0.25, -0.2) is 24.9 Å². The van der Waals surface area contributed by atoms with Gasteiger partial charge in [-0.1, -0.05) is 237 Å². The molecule has 14 aromatic carbocycles. The summed E-state index contributed by atoms with van der Waals surface area (Å²) in [4.78, 5) is 32.4. The second kappa shape index (κ2) is 23.6. The predicted octanol–water partition coefficient (Wildman–Crippen LogP) is 20.6. The van der Waals surface area contributed by atoms with Crippen molar-refractivity contribution in [3.63, 3.8) is 0 Å². The van der Waals surface area contributed by atoms with E-state index in [1.54, 1.807) is 0 Å². The lowest BCUT2D eigenvalue weighted by molar-refractivity contribution is 1.06. The molecule has 2 aliphatic rings. The van der Waals surface area contributed by atoms with Crippen LogP contribution in [0, 0.1) is 0 Å². The molecule has 9 nitrogen and oxygen atoms in total. The molecule has 101 heavy (non-hydrogen) atoms. The Morgan fingerprint density at radius 3 is 1.28 bits per heavy atom. The first-order chi connectivity index (χ1) is 50.1. The van der Waals surface area contributed by atoms with Gasteiger partial charge in [0.05, 0.1) is 39.1 Å². The zero-order valence-electron chi connectivity index (χ0n) is 54.6. The van der Waals surface area contributed by atoms with E-state index < -0.39 is 0 Å². The van der Waals surface area contributed by atoms with Crippen LogP contribution in [0.1, 0.15) is 0 Å². The van der Waals surface area contributed by atoms with Gasteiger partial charge in [-0.3, -0.25) is 0 Å². The second-order valence-electron chi connectivity index (χ2n) is 25.9. The van der Waals surface area contributed by atoms with E-state index in [1.165, 1.54) is 38.5 Å². The molecule has 18 aromatic rings. The number of rotatable bonds is 11. The molecular formula is C91H58BN9. The lowest BCUT2D eigenvalue weighted by Crippen LogP contribution is -2.61. The van der Waals surface area contributed by atoms with Gasteiger partial charge in [-0.15, -0.1) is 0 Å². The number of hydrogen-bond acceptors (Lipinski definition) is 7. The van der Waals surface area contributed by atoms with Gasteiger partial charge in [0.15, 0.2) is 23.3 Å². The fourth-order valence-electron chi connectivity index (χ4n) is 15.7. The molecule has 470 valence electrons. The van der Waals surface area contributed by atoms with E-state index in [4.69, 9.17) is 24.9 Å². The quantitative estimate of drug-likeness (QED) is 0.119. The second-order valence-corrected chi connectivity index (χ2v) is 25.9. The summed E-state index contributed by atoms with van der Waals surface area (Å²) in [6, 6.07) is 125. The van der Waals surface area contributed by atoms with Crippen LogP contribution >= 0.6 is 0 Å². The molecule has 0 radical (unpaired) electrons. The van der Waals surface area contributed by atoms with Crippen LogP contribution in [0.3, 0.4) is 0 Å². The number of aromatic nitrogens is 7. The highest BCUT2D eigenvalue weighted by atomic mass is 15.2. The van der Waals surface area contributed by atoms with Crippen molar-refractivity contribution in [3.8, 4) is 90.6 Å². The fraction of sp³-hybridized carbons (Fsp3) is 0. The molecule has 6 heterocycles. The van der Waals surface area contributed by atoms with Gasteiger partial charge in [-0.2, -0.15) is 0 Å². The number of para-hydroxylation sites is 6. The minimum atomic E-state index is 0.0351. The van der Waals surface area contributed by atoms with Gasteiger partial charge in [-0.05, 0) is 143 Å². The van der Waals surface area contributed by atoms with Gasteiger partial charge in [0.25, 0.3) is 6.71 Å². The van der Waals surface area contributed by atoms with E-state index in [0.717, 1.165) is 123 Å². The number of fused-ring (bicyclic) bond motifs is 10. The van der Waals surface area contributed by atoms with E-state index in [0.29, 0.717) is 23.3 Å². The molecule has 0 aliphatic carbocycles. The smallest absolute Gasteiger partial charge is 0.252 e. The Kier molecular flexibility index (Phi) is 13.5. The molecule has 0 saturated heterocycles. The molecule has 0 atom stereocenters. The van der Waals surface area contributed by atoms with Crippen molar-refractivity contribution >= 4 is 101 Å². The summed E-state index contributed by atoms with van der Waals surface area (Å²) < 4.78 is 4.79. The van der Waals surface area contributed by atoms with Crippen LogP contribution in [0.2, 0.25) is 0 Å². The Morgan fingerprint density at radius 2 is 0.644 bits per heavy atom. The van der Waals surface area contributed by atoms with Gasteiger partial charge >= 0.3 is 0 Å². The minimum Gasteiger partial charge on any atom is -0.311 e. The van der Waals surface area contributed by atoms with E-state index >= 15 is 0 Å². The highest BCUT2D eigenvalue weighted by Crippen LogP contribution is 2.47. The highest BCUT2D eigenvalue weighted by Gasteiger charge is 2.43. The lowest BCUT2D eigenvalue weighted by atomic mass is 9.33. The molecule has 0 spiro atoms. The molecule has 0 amide bonds. The van der Waals surface area contributed by atoms with Gasteiger partial charge in [0.1, 0.15) is 0 Å². The first-order valence-corrected chi connectivity index (χ1v) is 34.3. The van der Waals surface area contributed by atoms with Crippen molar-refractivity contribution in [2.24, 2.45) is 0 Å². The maximum absolute atomic E-state index is 5.68. The summed E-state index contributed by atoms with van der Waals surface area (Å²) in [7, 11) is 0. The Balaban J connectivity index is 0.782. The van der Waals surface area contributed by atoms with E-state index in [9.17, 15) is 0 Å². The summed E-state index contributed by atoms with van der Waals surface area (Å²) in [6.45, 7) is 0.0351. The molecule has 20 rings (SSSR count). The third-order valence-electron chi connectivity index (χ3n) is 20.1. The first-order valence-electron chi connectivity index (χ1n) is 34.3. The molecule has 0 N–H and O–H groups in total. The minimum absolute atomic E-state index is 0.0351. The van der Waals surface area contributed by atoms with Gasteiger partial charge < -0.3 is 18.9 Å². The van der Waals surface area contributed by atoms with Gasteiger partial charge in [0.2, 0.25) is 0 Å². The summed E-state index contributed by atoms with van der Waals surface area (Å²) in [5.41, 5.74) is 25.9. The number of nitrogens with zero attached hydrogens (tertiary/aromatic N) is 9. The highest BCUT2D eigenvalue weighted by molar-refractivity contribution is 7.00. The molecule has 4 aromatic heterocycles. The van der Waals surface area contributed by atoms with Crippen LogP contribution in [0.25, 0.3) is 134 Å². The molecule has 0 unspecified atom stereocenters. The largest absolute Gasteiger partial charge is 0.311 e. The summed E-state index contributed by atoms with van der Waals surface area (Å²) in [5.74, 6) is 2.14. The number of hydrogen-bond donors (Lipinski definition) is 0. The Hall–Kier alpha value is -13.6. The van der Waals surface area contributed by atoms with Crippen molar-refractivity contribution in [1.82, 2.24) is 34.1 Å². The van der Waals surface area contributed by atoms with E-state index in [1.807, 2.05) is 30.3 Å². The van der Waals surface area contributed by atoms with E-state index in [2.05, 4.69) is 340 Å². The number of anilines is 6. The zero-order chi connectivity index (χ0) is 66.5. The molecule has 0 saturated carbocycles. The topological polar surface area (TPSA) is 80.8 Å². The lowest BCUT2D eigenvalue weighted by Gasteiger charge is -2.44. The average Bonchev–Trinajstić information content (AvgIpc) is 1.61. The summed E-state index contributed by atoms with van der Waals surface area (Å²) in [5, 5.41) is 4.62. The van der Waals surface area contributed by atoms with Crippen molar-refractivity contribution in [2.45, 2.75) is 0 Å². The normalized spacial score (nSPS) is 12.3. The van der Waals surface area contributed by atoms with Crippen LogP contribution in [0.5, 0.6) is 0 Å². The Morgan fingerprint density at radius 1 is 0.218 bits per heavy atom. The third kappa shape index (κ3) is 9.59. The SMILES string of the molecule is c1ccc(-c2cc(-c3ccccc3)nc(-c3ccc(-n4c5ccccc5c5cc6c7ccccc7n(-c7ccccc7)c6cc54)c(-c4nc(-c5ccccc5)nc(-c5cccc(-c6cccc(N7c8ccccc8B8c9ccccc9N(c9ccccc9)c9cccc7c98)c6)c5)n4)c3)n2)cc1. The van der Waals surface area contributed by atoms with Crippen molar-refractivity contribution in [3.05, 3.63) is 352 Å². The zero-order valence-corrected chi connectivity index (χ0v) is 54.6. The van der Waals surface area contributed by atoms with Gasteiger partial charge in [0, 0.05) is 94.7 Å². The molecule has 0 fully saturated rings. The van der Waals surface area contributed by atoms with Crippen molar-refractivity contribution in [2.75, 3.05) is 9.80 Å². The predicted molar refractivity (Wildman–Crippen MR) is 416 cm³/mol. The summed E-state index contributed by atoms with van der Waals surface area (Å²) >= 11 is 0. The maximum atomic E-state index is 5.68. The molecule has 2 aliphatic heterocycles. The van der Waals surface area contributed by atoms with Crippen LogP contribution in [0.15, 0.2) is 352 Å². The van der Waals surface area contributed by atoms with Crippen LogP contribution in [0.4, 0.5) is 34.1 Å². The van der Waals surface area contributed by atoms with Crippen LogP contribution in [-0.2, 0) is 0 Å². The number of benzene rings is 14. The third-order valence-corrected chi connectivity index (χ3v) is 20.1. The van der Waals surface area contributed by atoms with Crippen molar-refractivity contribution < 1.29 is 0 Å². The Labute approximate surface area is 583 Å². The first kappa shape index (κ1) is 57.7. The average molecular weight is 1290 g/mol. The molecule has 0 bridgehead atoms. The fourth-order valence-corrected chi connectivity index (χ4v) is 15.7. The molecular weight excluding hydrogens is 1230 g/mol. The standard InChI is InChI=1S/C91H58BN9/c1-6-27-59(28-7-1)76-57-77(60-29-8-2-9-30-60)94-89(93-76)65-51-52-80(101-79-46-21-17-42-70(79)72-56-71-69-41-16-20-45-78(69)98(85(71)58-86(72)101)66-36-12-4-13-37-66)73(55-65)91-96-88(61-31-10-3-11-32-61)95-90(97-91)64-35-24-33-62(53-64)63-34-25-40-68(54-63)100-82-48-23-19-44-75(82)92-74-43-18-22-47-81(74)99(67-38-14-5-15-39-67)83-49-26-50-84(100)87(83)92/h1-58H. The van der Waals surface area contributed by atoms with E-state index in [-0.39, 0.29) is 6.71 Å². The van der Waals surface area contributed by atoms with Crippen molar-refractivity contribution in [1.29, 1.82) is 0 Å². The Bertz CT molecular complexity index is 6240. The van der Waals surface area contributed by atoms with Crippen LogP contribution in [-0.4, -0.2) is 40.8 Å². The maximum Gasteiger partial charge on any atom is 0.252 e. The molecule has 10 heteroatoms. The summed E-state index contributed by atoms with van der Waals surface area (Å²) in [6.07, 6.45) is 0.